The van der Waals surface area contributed by atoms with E-state index >= 15 is 0 Å². The van der Waals surface area contributed by atoms with Crippen LogP contribution in [0.1, 0.15) is 75.2 Å². The average molecular weight is 847 g/mol. The van der Waals surface area contributed by atoms with Gasteiger partial charge in [0.1, 0.15) is 27.3 Å². The van der Waals surface area contributed by atoms with Crippen LogP contribution < -0.4 is 20.7 Å². The van der Waals surface area contributed by atoms with Crippen molar-refractivity contribution in [2.24, 2.45) is 0 Å². The summed E-state index contributed by atoms with van der Waals surface area (Å²) in [5.41, 5.74) is 2.41. The normalized spacial score (nSPS) is 13.0. The van der Waals surface area contributed by atoms with Gasteiger partial charge in [0.05, 0.1) is 25.8 Å². The highest BCUT2D eigenvalue weighted by atomic mass is 32.2. The molecule has 0 spiro atoms. The molecule has 12 nitrogen and oxygen atoms in total. The maximum atomic E-state index is 14.4. The number of hydrogen-bond donors (Lipinski definition) is 3. The van der Waals surface area contributed by atoms with Gasteiger partial charge in [0.25, 0.3) is 11.8 Å². The van der Waals surface area contributed by atoms with Gasteiger partial charge >= 0.3 is 12.1 Å². The summed E-state index contributed by atoms with van der Waals surface area (Å²) in [7, 11) is 1.52. The highest BCUT2D eigenvalue weighted by Gasteiger charge is 2.34. The maximum Gasteiger partial charge on any atom is 0.410 e. The SMILES string of the molecule is CCOC(=O)c1c(NC(=O)C(Sc2cccc(NC(=O)/C(=C\c3ccccc3OC)NC(=O)c3ccccc3)c2)c2ccccc2)sc2c1CCN(C(=O)OC(C)(C)C)C2. The van der Waals surface area contributed by atoms with E-state index in [-0.39, 0.29) is 30.3 Å². The molecule has 6 rings (SSSR count). The standard InChI is InChI=1S/C46H46N4O8S2/c1-6-57-44(54)38-34-24-25-50(45(55)58-46(2,3)4)28-37(34)60-43(38)49-42(53)39(29-16-9-7-10-17-29)59-33-22-15-21-32(27-33)47-41(52)35(26-31-20-13-14-23-36(31)56-5)48-40(51)30-18-11-8-12-19-30/h7-23,26-27,39H,6,24-25,28H2,1-5H3,(H,47,52)(H,48,51)(H,49,53)/b35-26+. The number of esters is 1. The van der Waals surface area contributed by atoms with Gasteiger partial charge in [-0.3, -0.25) is 14.4 Å². The van der Waals surface area contributed by atoms with Crippen LogP contribution in [0.25, 0.3) is 6.08 Å². The molecule has 0 saturated carbocycles. The molecule has 0 bridgehead atoms. The predicted octanol–water partition coefficient (Wildman–Crippen LogP) is 9.11. The largest absolute Gasteiger partial charge is 0.496 e. The number of rotatable bonds is 13. The van der Waals surface area contributed by atoms with Crippen LogP contribution in [-0.4, -0.2) is 60.5 Å². The summed E-state index contributed by atoms with van der Waals surface area (Å²) in [4.78, 5) is 70.9. The topological polar surface area (TPSA) is 152 Å². The minimum Gasteiger partial charge on any atom is -0.496 e. The first-order valence-corrected chi connectivity index (χ1v) is 21.0. The molecule has 1 aromatic heterocycles. The zero-order chi connectivity index (χ0) is 42.8. The van der Waals surface area contributed by atoms with Gasteiger partial charge in [-0.2, -0.15) is 0 Å². The van der Waals surface area contributed by atoms with Crippen LogP contribution in [0.3, 0.4) is 0 Å². The third-order valence-electron chi connectivity index (χ3n) is 9.08. The van der Waals surface area contributed by atoms with Crippen LogP contribution in [-0.2, 0) is 32.0 Å². The molecular weight excluding hydrogens is 801 g/mol. The third kappa shape index (κ3) is 11.0. The maximum absolute atomic E-state index is 14.4. The number of nitrogens with one attached hydrogen (secondary N) is 3. The molecule has 4 aromatic carbocycles. The van der Waals surface area contributed by atoms with Crippen molar-refractivity contribution in [2.45, 2.75) is 56.4 Å². The molecule has 0 saturated heterocycles. The smallest absolute Gasteiger partial charge is 0.410 e. The Hall–Kier alpha value is -6.38. The lowest BCUT2D eigenvalue weighted by Crippen LogP contribution is -2.39. The van der Waals surface area contributed by atoms with Crippen LogP contribution in [0.15, 0.2) is 120 Å². The van der Waals surface area contributed by atoms with Crippen molar-refractivity contribution in [3.8, 4) is 5.75 Å². The predicted molar refractivity (Wildman–Crippen MR) is 234 cm³/mol. The second-order valence-electron chi connectivity index (χ2n) is 14.6. The number of thiophene rings is 1. The number of amides is 4. The Kier molecular flexibility index (Phi) is 14.1. The molecule has 310 valence electrons. The van der Waals surface area contributed by atoms with E-state index < -0.39 is 34.7 Å². The Morgan fingerprint density at radius 1 is 0.883 bits per heavy atom. The summed E-state index contributed by atoms with van der Waals surface area (Å²) >= 11 is 2.50. The lowest BCUT2D eigenvalue weighted by Gasteiger charge is -2.30. The molecule has 1 aliphatic rings. The number of benzene rings is 4. The first-order valence-electron chi connectivity index (χ1n) is 19.3. The van der Waals surface area contributed by atoms with E-state index in [1.165, 1.54) is 30.2 Å². The number of para-hydroxylation sites is 1. The quantitative estimate of drug-likeness (QED) is 0.0599. The highest BCUT2D eigenvalue weighted by molar-refractivity contribution is 8.00. The van der Waals surface area contributed by atoms with Crippen molar-refractivity contribution in [3.63, 3.8) is 0 Å². The Morgan fingerprint density at radius 3 is 2.28 bits per heavy atom. The second kappa shape index (κ2) is 19.6. The second-order valence-corrected chi connectivity index (χ2v) is 16.9. The molecule has 1 unspecified atom stereocenters. The lowest BCUT2D eigenvalue weighted by atomic mass is 10.0. The molecule has 5 aromatic rings. The third-order valence-corrected chi connectivity index (χ3v) is 11.5. The molecule has 4 amide bonds. The van der Waals surface area contributed by atoms with Crippen LogP contribution in [0.5, 0.6) is 5.75 Å². The van der Waals surface area contributed by atoms with Gasteiger partial charge in [-0.1, -0.05) is 72.8 Å². The minimum atomic E-state index is -0.796. The Bertz CT molecular complexity index is 2390. The average Bonchev–Trinajstić information content (AvgIpc) is 3.60. The van der Waals surface area contributed by atoms with Gasteiger partial charge in [-0.25, -0.2) is 9.59 Å². The van der Waals surface area contributed by atoms with E-state index in [1.807, 2.05) is 36.4 Å². The van der Waals surface area contributed by atoms with E-state index in [2.05, 4.69) is 16.0 Å². The number of hydrogen-bond acceptors (Lipinski definition) is 10. The zero-order valence-corrected chi connectivity index (χ0v) is 35.5. The van der Waals surface area contributed by atoms with Gasteiger partial charge < -0.3 is 35.1 Å². The highest BCUT2D eigenvalue weighted by Crippen LogP contribution is 2.41. The molecule has 0 aliphatic carbocycles. The van der Waals surface area contributed by atoms with E-state index in [0.717, 1.165) is 10.4 Å². The first-order chi connectivity index (χ1) is 28.8. The van der Waals surface area contributed by atoms with E-state index in [4.69, 9.17) is 14.2 Å². The van der Waals surface area contributed by atoms with E-state index in [1.54, 1.807) is 111 Å². The molecular formula is C46H46N4O8S2. The van der Waals surface area contributed by atoms with E-state index in [0.29, 0.717) is 51.0 Å². The summed E-state index contributed by atoms with van der Waals surface area (Å²) in [6.07, 6.45) is 1.48. The lowest BCUT2D eigenvalue weighted by molar-refractivity contribution is -0.116. The van der Waals surface area contributed by atoms with Crippen molar-refractivity contribution < 1.29 is 38.2 Å². The molecule has 1 aliphatic heterocycles. The van der Waals surface area contributed by atoms with Gasteiger partial charge in [-0.05, 0) is 87.7 Å². The van der Waals surface area contributed by atoms with Gasteiger partial charge in [0.15, 0.2) is 0 Å². The van der Waals surface area contributed by atoms with Crippen molar-refractivity contribution in [1.82, 2.24) is 10.2 Å². The molecule has 60 heavy (non-hydrogen) atoms. The molecule has 1 atom stereocenters. The van der Waals surface area contributed by atoms with Gasteiger partial charge in [-0.15, -0.1) is 23.1 Å². The van der Waals surface area contributed by atoms with Crippen molar-refractivity contribution in [1.29, 1.82) is 0 Å². The number of anilines is 2. The van der Waals surface area contributed by atoms with E-state index in [9.17, 15) is 24.0 Å². The number of fused-ring (bicyclic) bond motifs is 1. The summed E-state index contributed by atoms with van der Waals surface area (Å²) in [5, 5.41) is 8.22. The van der Waals surface area contributed by atoms with Crippen molar-refractivity contribution >= 4 is 69.6 Å². The summed E-state index contributed by atoms with van der Waals surface area (Å²) in [5.74, 6) is -1.48. The Balaban J connectivity index is 1.26. The first kappa shape index (κ1) is 43.2. The minimum absolute atomic E-state index is 0.0155. The van der Waals surface area contributed by atoms with Crippen LogP contribution in [0.4, 0.5) is 15.5 Å². The number of carbonyl (C=O) groups is 5. The number of carbonyl (C=O) groups excluding carboxylic acids is 5. The van der Waals surface area contributed by atoms with Crippen molar-refractivity contribution in [2.75, 3.05) is 30.9 Å². The monoisotopic (exact) mass is 846 g/mol. The number of nitrogens with zero attached hydrogens (tertiary/aromatic N) is 1. The zero-order valence-electron chi connectivity index (χ0n) is 33.9. The molecule has 14 heteroatoms. The van der Waals surface area contributed by atoms with Crippen LogP contribution in [0.2, 0.25) is 0 Å². The fourth-order valence-corrected chi connectivity index (χ4v) is 8.67. The number of thioether (sulfide) groups is 1. The molecule has 3 N–H and O–H groups in total. The fourth-order valence-electron chi connectivity index (χ4n) is 6.34. The van der Waals surface area contributed by atoms with Gasteiger partial charge in [0, 0.05) is 33.1 Å². The number of ether oxygens (including phenoxy) is 3. The molecule has 0 fully saturated rings. The van der Waals surface area contributed by atoms with Crippen LogP contribution >= 0.6 is 23.1 Å². The van der Waals surface area contributed by atoms with Crippen molar-refractivity contribution in [3.05, 3.63) is 148 Å². The molecule has 0 radical (unpaired) electrons. The Labute approximate surface area is 357 Å². The number of methoxy groups -OCH3 is 1. The van der Waals surface area contributed by atoms with Crippen LogP contribution in [0, 0.1) is 0 Å². The summed E-state index contributed by atoms with van der Waals surface area (Å²) < 4.78 is 16.5. The summed E-state index contributed by atoms with van der Waals surface area (Å²) in [6, 6.07) is 32.0. The Morgan fingerprint density at radius 2 is 1.58 bits per heavy atom. The van der Waals surface area contributed by atoms with Gasteiger partial charge in [0.2, 0.25) is 5.91 Å². The summed E-state index contributed by atoms with van der Waals surface area (Å²) in [6.45, 7) is 7.84. The molecule has 2 heterocycles. The fraction of sp³-hybridized carbons (Fsp3) is 0.239.